The van der Waals surface area contributed by atoms with Crippen molar-refractivity contribution in [3.8, 4) is 11.1 Å². The van der Waals surface area contributed by atoms with Crippen LogP contribution < -0.4 is 9.80 Å². The molecule has 8 rings (SSSR count). The topological polar surface area (TPSA) is 88.7 Å². The standard InChI is InChI=1S/C44H55F2N7O3/c1-28(54)51-22-18-39-38(27-51)42(52-19-6-7-32-23-36(33-25-47-49(5)26-33)37(41(45)46)24-40(32)52)48-53(39)35-14-8-29(9-15-35)30-16-20-50(21-17-30)34-12-10-31(11-13-34)43(55)56-44(2,3)4/h10-13,23-26,29-30,35,41H,6-9,14-22,27H2,1-5H3. The Labute approximate surface area is 328 Å². The lowest BCUT2D eigenvalue weighted by Gasteiger charge is -2.40. The predicted molar refractivity (Wildman–Crippen MR) is 213 cm³/mol. The molecule has 56 heavy (non-hydrogen) atoms. The summed E-state index contributed by atoms with van der Waals surface area (Å²) in [6.07, 6.45) is 9.96. The monoisotopic (exact) mass is 767 g/mol. The zero-order chi connectivity index (χ0) is 39.3. The number of esters is 1. The van der Waals surface area contributed by atoms with Crippen LogP contribution in [0.2, 0.25) is 0 Å². The van der Waals surface area contributed by atoms with Crippen LogP contribution in [0, 0.1) is 11.8 Å². The van der Waals surface area contributed by atoms with E-state index in [1.807, 2.05) is 56.0 Å². The fourth-order valence-corrected chi connectivity index (χ4v) is 9.67. The first-order valence-electron chi connectivity index (χ1n) is 20.5. The van der Waals surface area contributed by atoms with Crippen molar-refractivity contribution in [3.63, 3.8) is 0 Å². The van der Waals surface area contributed by atoms with Crippen LogP contribution >= 0.6 is 0 Å². The highest BCUT2D eigenvalue weighted by Gasteiger charge is 2.37. The van der Waals surface area contributed by atoms with Gasteiger partial charge in [-0.1, -0.05) is 0 Å². The van der Waals surface area contributed by atoms with Gasteiger partial charge in [-0.05, 0) is 131 Å². The first-order valence-corrected chi connectivity index (χ1v) is 20.5. The van der Waals surface area contributed by atoms with Gasteiger partial charge in [0, 0.05) is 86.5 Å². The average molecular weight is 768 g/mol. The molecule has 1 saturated carbocycles. The summed E-state index contributed by atoms with van der Waals surface area (Å²) in [4.78, 5) is 31.6. The number of hydrogen-bond donors (Lipinski definition) is 0. The maximum atomic E-state index is 14.7. The van der Waals surface area contributed by atoms with Gasteiger partial charge in [0.1, 0.15) is 5.60 Å². The Morgan fingerprint density at radius 2 is 1.62 bits per heavy atom. The molecule has 0 N–H and O–H groups in total. The van der Waals surface area contributed by atoms with Crippen molar-refractivity contribution < 1.29 is 23.1 Å². The minimum atomic E-state index is -2.64. The summed E-state index contributed by atoms with van der Waals surface area (Å²) < 4.78 is 38.8. The van der Waals surface area contributed by atoms with E-state index in [0.29, 0.717) is 48.2 Å². The van der Waals surface area contributed by atoms with E-state index in [9.17, 15) is 18.4 Å². The number of aromatic nitrogens is 4. The number of aryl methyl sites for hydroxylation is 2. The highest BCUT2D eigenvalue weighted by Crippen LogP contribution is 2.45. The van der Waals surface area contributed by atoms with Gasteiger partial charge in [-0.3, -0.25) is 14.2 Å². The van der Waals surface area contributed by atoms with Crippen molar-refractivity contribution >= 4 is 29.1 Å². The number of nitrogens with zero attached hydrogens (tertiary/aromatic N) is 7. The van der Waals surface area contributed by atoms with E-state index >= 15 is 0 Å². The van der Waals surface area contributed by atoms with Crippen LogP contribution in [0.1, 0.15) is 118 Å². The Morgan fingerprint density at radius 1 is 0.911 bits per heavy atom. The molecule has 3 aliphatic heterocycles. The molecule has 298 valence electrons. The van der Waals surface area contributed by atoms with E-state index in [1.54, 1.807) is 37.1 Å². The van der Waals surface area contributed by atoms with Crippen LogP contribution in [0.3, 0.4) is 0 Å². The molecule has 0 atom stereocenters. The van der Waals surface area contributed by atoms with Gasteiger partial charge in [-0.2, -0.15) is 10.2 Å². The number of anilines is 3. The zero-order valence-electron chi connectivity index (χ0n) is 33.4. The predicted octanol–water partition coefficient (Wildman–Crippen LogP) is 8.81. The summed E-state index contributed by atoms with van der Waals surface area (Å²) in [5, 5.41) is 9.62. The number of ether oxygens (including phenoxy) is 1. The summed E-state index contributed by atoms with van der Waals surface area (Å²) in [6.45, 7) is 11.1. The molecule has 1 aliphatic carbocycles. The SMILES string of the molecule is CC(=O)N1CCc2c(c(N3CCCc4cc(-c5cnn(C)c5)c(C(F)F)cc43)nn2C2CCC(C3CCN(c4ccc(C(=O)OC(C)(C)C)cc4)CC3)CC2)C1. The maximum absolute atomic E-state index is 14.7. The molecule has 4 aliphatic rings. The number of carbonyl (C=O) groups is 2. The number of halogens is 2. The lowest BCUT2D eigenvalue weighted by atomic mass is 9.74. The minimum absolute atomic E-state index is 0.00238. The molecule has 5 heterocycles. The molecular formula is C44H55F2N7O3. The Bertz CT molecular complexity index is 2070. The Balaban J connectivity index is 0.977. The second-order valence-electron chi connectivity index (χ2n) is 17.4. The normalized spacial score (nSPS) is 20.6. The fourth-order valence-electron chi connectivity index (χ4n) is 9.67. The first kappa shape index (κ1) is 38.1. The smallest absolute Gasteiger partial charge is 0.338 e. The van der Waals surface area contributed by atoms with E-state index in [1.165, 1.54) is 5.69 Å². The van der Waals surface area contributed by atoms with E-state index in [0.717, 1.165) is 99.2 Å². The molecule has 2 aromatic heterocycles. The number of piperidine rings is 1. The molecule has 1 amide bonds. The van der Waals surface area contributed by atoms with Crippen LogP contribution in [0.25, 0.3) is 11.1 Å². The van der Waals surface area contributed by atoms with Gasteiger partial charge in [-0.25, -0.2) is 13.6 Å². The lowest BCUT2D eigenvalue weighted by Crippen LogP contribution is -2.37. The van der Waals surface area contributed by atoms with E-state index in [4.69, 9.17) is 9.84 Å². The summed E-state index contributed by atoms with van der Waals surface area (Å²) >= 11 is 0. The molecule has 2 aromatic carbocycles. The summed E-state index contributed by atoms with van der Waals surface area (Å²) in [5.74, 6) is 1.93. The molecule has 0 spiro atoms. The lowest BCUT2D eigenvalue weighted by molar-refractivity contribution is -0.129. The Hall–Kier alpha value is -4.74. The molecule has 0 bridgehead atoms. The van der Waals surface area contributed by atoms with Gasteiger partial charge in [0.2, 0.25) is 5.91 Å². The minimum Gasteiger partial charge on any atom is -0.456 e. The second kappa shape index (κ2) is 15.3. The van der Waals surface area contributed by atoms with E-state index < -0.39 is 12.0 Å². The van der Waals surface area contributed by atoms with Crippen LogP contribution in [0.15, 0.2) is 48.8 Å². The van der Waals surface area contributed by atoms with Crippen molar-refractivity contribution in [1.82, 2.24) is 24.5 Å². The molecule has 12 heteroatoms. The van der Waals surface area contributed by atoms with Gasteiger partial charge in [0.25, 0.3) is 6.43 Å². The van der Waals surface area contributed by atoms with Gasteiger partial charge >= 0.3 is 5.97 Å². The van der Waals surface area contributed by atoms with Gasteiger partial charge in [0.15, 0.2) is 5.82 Å². The third-order valence-corrected chi connectivity index (χ3v) is 12.5. The number of amides is 1. The molecule has 0 radical (unpaired) electrons. The number of alkyl halides is 2. The molecule has 1 saturated heterocycles. The second-order valence-corrected chi connectivity index (χ2v) is 17.4. The fraction of sp³-hybridized carbons (Fsp3) is 0.545. The third kappa shape index (κ3) is 7.68. The highest BCUT2D eigenvalue weighted by molar-refractivity contribution is 5.90. The first-order chi connectivity index (χ1) is 26.8. The number of hydrogen-bond acceptors (Lipinski definition) is 7. The van der Waals surface area contributed by atoms with Crippen molar-refractivity contribution in [3.05, 3.63) is 76.7 Å². The van der Waals surface area contributed by atoms with Crippen molar-refractivity contribution in [2.24, 2.45) is 18.9 Å². The van der Waals surface area contributed by atoms with Gasteiger partial charge in [-0.15, -0.1) is 0 Å². The summed E-state index contributed by atoms with van der Waals surface area (Å²) in [7, 11) is 1.80. The number of benzene rings is 2. The molecule has 0 unspecified atom stereocenters. The van der Waals surface area contributed by atoms with Crippen LogP contribution in [0.4, 0.5) is 26.0 Å². The Kier molecular flexibility index (Phi) is 10.4. The van der Waals surface area contributed by atoms with Crippen molar-refractivity contribution in [1.29, 1.82) is 0 Å². The largest absolute Gasteiger partial charge is 0.456 e. The molecule has 2 fully saturated rings. The third-order valence-electron chi connectivity index (χ3n) is 12.5. The molecule has 4 aromatic rings. The van der Waals surface area contributed by atoms with E-state index in [-0.39, 0.29) is 23.5 Å². The summed E-state index contributed by atoms with van der Waals surface area (Å²) in [6, 6.07) is 11.7. The van der Waals surface area contributed by atoms with Gasteiger partial charge < -0.3 is 19.4 Å². The van der Waals surface area contributed by atoms with E-state index in [2.05, 4.69) is 19.6 Å². The average Bonchev–Trinajstić information content (AvgIpc) is 3.80. The van der Waals surface area contributed by atoms with Crippen LogP contribution in [-0.4, -0.2) is 68.1 Å². The quantitative estimate of drug-likeness (QED) is 0.174. The van der Waals surface area contributed by atoms with Crippen LogP contribution in [0.5, 0.6) is 0 Å². The molecule has 10 nitrogen and oxygen atoms in total. The molecular weight excluding hydrogens is 713 g/mol. The van der Waals surface area contributed by atoms with Crippen molar-refractivity contribution in [2.45, 2.75) is 110 Å². The van der Waals surface area contributed by atoms with Gasteiger partial charge in [0.05, 0.1) is 24.3 Å². The number of carbonyl (C=O) groups excluding carboxylic acids is 2. The Morgan fingerprint density at radius 3 is 2.27 bits per heavy atom. The zero-order valence-corrected chi connectivity index (χ0v) is 33.4. The highest BCUT2D eigenvalue weighted by atomic mass is 19.3. The number of fused-ring (bicyclic) bond motifs is 2. The van der Waals surface area contributed by atoms with Crippen LogP contribution in [-0.2, 0) is 36.0 Å². The summed E-state index contributed by atoms with van der Waals surface area (Å²) in [5.41, 5.74) is 6.51. The maximum Gasteiger partial charge on any atom is 0.338 e. The number of rotatable bonds is 7. The van der Waals surface area contributed by atoms with Crippen molar-refractivity contribution in [2.75, 3.05) is 36.0 Å².